The predicted molar refractivity (Wildman–Crippen MR) is 110 cm³/mol. The molecule has 5 nitrogen and oxygen atoms in total. The molecule has 3 rings (SSSR count). The van der Waals surface area contributed by atoms with E-state index in [9.17, 15) is 10.1 Å². The lowest BCUT2D eigenvalue weighted by molar-refractivity contribution is -0.481. The Bertz CT molecular complexity index is 945. The number of H-pyrrole nitrogens is 1. The highest BCUT2D eigenvalue weighted by Crippen LogP contribution is 2.39. The summed E-state index contributed by atoms with van der Waals surface area (Å²) in [6.45, 7) is 3.81. The quantitative estimate of drug-likeness (QED) is 0.270. The zero-order valence-corrected chi connectivity index (χ0v) is 16.9. The van der Waals surface area contributed by atoms with Crippen LogP contribution >= 0.6 is 31.9 Å². The molecule has 0 spiro atoms. The monoisotopic (exact) mass is 478 g/mol. The second kappa shape index (κ2) is 8.05. The number of benzene rings is 2. The van der Waals surface area contributed by atoms with Crippen LogP contribution in [0.4, 0.5) is 0 Å². The summed E-state index contributed by atoms with van der Waals surface area (Å²) in [5, 5.41) is 12.3. The van der Waals surface area contributed by atoms with Gasteiger partial charge in [0.1, 0.15) is 12.4 Å². The molecule has 1 aromatic heterocycles. The number of hydrogen-bond donors (Lipinski definition) is 1. The van der Waals surface area contributed by atoms with Gasteiger partial charge in [-0.25, -0.2) is 0 Å². The molecule has 3 aromatic rings. The third-order valence-electron chi connectivity index (χ3n) is 4.10. The molecule has 0 aliphatic rings. The van der Waals surface area contributed by atoms with Gasteiger partial charge in [-0.15, -0.1) is 0 Å². The molecule has 0 aliphatic carbocycles. The molecule has 0 radical (unpaired) electrons. The number of aromatic nitrogens is 1. The van der Waals surface area contributed by atoms with E-state index in [1.165, 1.54) is 0 Å². The summed E-state index contributed by atoms with van der Waals surface area (Å²) in [7, 11) is 0. The molecule has 7 heteroatoms. The second-order valence-corrected chi connectivity index (χ2v) is 7.48. The van der Waals surface area contributed by atoms with Crippen LogP contribution in [-0.2, 0) is 0 Å². The smallest absolute Gasteiger partial charge is 0.214 e. The molecule has 26 heavy (non-hydrogen) atoms. The van der Waals surface area contributed by atoms with Gasteiger partial charge < -0.3 is 9.72 Å². The van der Waals surface area contributed by atoms with Crippen molar-refractivity contribution in [1.82, 2.24) is 4.98 Å². The van der Waals surface area contributed by atoms with Crippen LogP contribution in [0.15, 0.2) is 64.2 Å². The largest absolute Gasteiger partial charge is 0.487 e. The standard InChI is InChI=1S/C19H16Br2N2O3/c1-2-7-26-19-16(20)8-12(9-17(19)21)15(11-23(24)25)14-10-22-18-6-4-3-5-13(14)18/h2-6,8-10,15,22H,1,7,11H2/t15-/m1/s1. The molecule has 0 saturated carbocycles. The minimum atomic E-state index is -0.387. The van der Waals surface area contributed by atoms with Crippen LogP contribution in [0.2, 0.25) is 0 Å². The van der Waals surface area contributed by atoms with Crippen molar-refractivity contribution in [1.29, 1.82) is 0 Å². The highest BCUT2D eigenvalue weighted by Gasteiger charge is 2.25. The van der Waals surface area contributed by atoms with Gasteiger partial charge in [0, 0.05) is 22.0 Å². The van der Waals surface area contributed by atoms with Crippen molar-refractivity contribution < 1.29 is 9.66 Å². The number of aromatic amines is 1. The van der Waals surface area contributed by atoms with E-state index < -0.39 is 0 Å². The average Bonchev–Trinajstić information content (AvgIpc) is 3.02. The van der Waals surface area contributed by atoms with Crippen molar-refractivity contribution in [3.63, 3.8) is 0 Å². The van der Waals surface area contributed by atoms with Gasteiger partial charge >= 0.3 is 0 Å². The topological polar surface area (TPSA) is 68.2 Å². The summed E-state index contributed by atoms with van der Waals surface area (Å²) in [6, 6.07) is 11.5. The lowest BCUT2D eigenvalue weighted by Crippen LogP contribution is -2.14. The third-order valence-corrected chi connectivity index (χ3v) is 5.27. The Labute approximate surface area is 167 Å². The van der Waals surface area contributed by atoms with Crippen LogP contribution in [0.5, 0.6) is 5.75 Å². The second-order valence-electron chi connectivity index (χ2n) is 5.77. The maximum Gasteiger partial charge on any atom is 0.214 e. The lowest BCUT2D eigenvalue weighted by atomic mass is 9.91. The van der Waals surface area contributed by atoms with Gasteiger partial charge in [0.25, 0.3) is 0 Å². The van der Waals surface area contributed by atoms with Crippen LogP contribution < -0.4 is 4.74 Å². The van der Waals surface area contributed by atoms with E-state index in [1.54, 1.807) is 6.08 Å². The van der Waals surface area contributed by atoms with Gasteiger partial charge in [-0.2, -0.15) is 0 Å². The third kappa shape index (κ3) is 3.83. The van der Waals surface area contributed by atoms with Gasteiger partial charge in [-0.05, 0) is 61.2 Å². The SMILES string of the molecule is C=CCOc1c(Br)cc([C@@H](C[N+](=O)[O-])c2c[nH]c3ccccc23)cc1Br. The Balaban J connectivity index is 2.09. The number of nitrogens with one attached hydrogen (secondary N) is 1. The summed E-state index contributed by atoms with van der Waals surface area (Å²) >= 11 is 7.02. The Morgan fingerprint density at radius 1 is 1.27 bits per heavy atom. The number of fused-ring (bicyclic) bond motifs is 1. The first-order valence-corrected chi connectivity index (χ1v) is 9.50. The van der Waals surface area contributed by atoms with Gasteiger partial charge in [0.15, 0.2) is 0 Å². The summed E-state index contributed by atoms with van der Waals surface area (Å²) in [5.74, 6) is 0.259. The molecule has 1 N–H and O–H groups in total. The molecule has 134 valence electrons. The fourth-order valence-corrected chi connectivity index (χ4v) is 4.43. The predicted octanol–water partition coefficient (Wildman–Crippen LogP) is 5.67. The fraction of sp³-hybridized carbons (Fsp3) is 0.158. The molecule has 0 aliphatic heterocycles. The minimum absolute atomic E-state index is 0.201. The Kier molecular flexibility index (Phi) is 5.78. The first kappa shape index (κ1) is 18.7. The van der Waals surface area contributed by atoms with Crippen LogP contribution in [0, 0.1) is 10.1 Å². The molecular formula is C19H16Br2N2O3. The summed E-state index contributed by atoms with van der Waals surface area (Å²) < 4.78 is 7.11. The van der Waals surface area contributed by atoms with Gasteiger partial charge in [0.2, 0.25) is 6.54 Å². The molecule has 0 saturated heterocycles. The highest BCUT2D eigenvalue weighted by atomic mass is 79.9. The molecule has 1 heterocycles. The van der Waals surface area contributed by atoms with Gasteiger partial charge in [0.05, 0.1) is 14.9 Å². The van der Waals surface area contributed by atoms with E-state index in [0.717, 1.165) is 31.0 Å². The molecular weight excluding hydrogens is 464 g/mol. The summed E-state index contributed by atoms with van der Waals surface area (Å²) in [4.78, 5) is 14.2. The summed E-state index contributed by atoms with van der Waals surface area (Å²) in [6.07, 6.45) is 3.51. The average molecular weight is 480 g/mol. The minimum Gasteiger partial charge on any atom is -0.487 e. The number of para-hydroxylation sites is 1. The highest BCUT2D eigenvalue weighted by molar-refractivity contribution is 9.11. The fourth-order valence-electron chi connectivity index (χ4n) is 2.98. The van der Waals surface area contributed by atoms with E-state index in [-0.39, 0.29) is 17.4 Å². The van der Waals surface area contributed by atoms with Crippen LogP contribution in [0.3, 0.4) is 0 Å². The molecule has 0 amide bonds. The van der Waals surface area contributed by atoms with Crippen molar-refractivity contribution >= 4 is 42.8 Å². The van der Waals surface area contributed by atoms with Crippen molar-refractivity contribution in [3.05, 3.63) is 85.4 Å². The first-order valence-electron chi connectivity index (χ1n) is 7.91. The van der Waals surface area contributed by atoms with Crippen LogP contribution in [0.25, 0.3) is 10.9 Å². The normalized spacial score (nSPS) is 12.1. The van der Waals surface area contributed by atoms with Crippen LogP contribution in [0.1, 0.15) is 17.0 Å². The van der Waals surface area contributed by atoms with Crippen molar-refractivity contribution in [2.24, 2.45) is 0 Å². The maximum absolute atomic E-state index is 11.3. The number of rotatable bonds is 7. The van der Waals surface area contributed by atoms with Crippen molar-refractivity contribution in [2.75, 3.05) is 13.2 Å². The lowest BCUT2D eigenvalue weighted by Gasteiger charge is -2.16. The molecule has 0 unspecified atom stereocenters. The van der Waals surface area contributed by atoms with Crippen molar-refractivity contribution in [3.8, 4) is 5.75 Å². The maximum atomic E-state index is 11.3. The summed E-state index contributed by atoms with van der Waals surface area (Å²) in [5.41, 5.74) is 2.69. The van der Waals surface area contributed by atoms with E-state index in [0.29, 0.717) is 12.4 Å². The Morgan fingerprint density at radius 2 is 1.96 bits per heavy atom. The van der Waals surface area contributed by atoms with E-state index in [4.69, 9.17) is 4.74 Å². The zero-order chi connectivity index (χ0) is 18.7. The van der Waals surface area contributed by atoms with Gasteiger partial charge in [-0.1, -0.05) is 30.9 Å². The number of halogens is 2. The molecule has 1 atom stereocenters. The van der Waals surface area contributed by atoms with Crippen molar-refractivity contribution in [2.45, 2.75) is 5.92 Å². The molecule has 0 fully saturated rings. The number of ether oxygens (including phenoxy) is 1. The zero-order valence-electron chi connectivity index (χ0n) is 13.7. The van der Waals surface area contributed by atoms with Gasteiger partial charge in [-0.3, -0.25) is 10.1 Å². The van der Waals surface area contributed by atoms with E-state index >= 15 is 0 Å². The van der Waals surface area contributed by atoms with E-state index in [1.807, 2.05) is 42.6 Å². The Morgan fingerprint density at radius 3 is 2.62 bits per heavy atom. The van der Waals surface area contributed by atoms with Crippen LogP contribution in [-0.4, -0.2) is 23.1 Å². The molecule has 2 aromatic carbocycles. The van der Waals surface area contributed by atoms with E-state index in [2.05, 4.69) is 43.4 Å². The first-order chi connectivity index (χ1) is 12.5. The number of nitro groups is 1. The number of hydrogen-bond acceptors (Lipinski definition) is 3. The number of nitrogens with zero attached hydrogens (tertiary/aromatic N) is 1. The Hall–Kier alpha value is -2.12. The molecule has 0 bridgehead atoms.